The molecule has 2 heterocycles. The molecule has 7 heteroatoms. The molecule has 2 rings (SSSR count). The minimum absolute atomic E-state index is 0.196. The fourth-order valence-electron chi connectivity index (χ4n) is 3.28. The van der Waals surface area contributed by atoms with Crippen LogP contribution < -0.4 is 4.80 Å². The van der Waals surface area contributed by atoms with Crippen LogP contribution in [0.4, 0.5) is 4.79 Å². The summed E-state index contributed by atoms with van der Waals surface area (Å²) < 4.78 is 7.74. The van der Waals surface area contributed by atoms with E-state index in [1.54, 1.807) is 11.3 Å². The highest BCUT2D eigenvalue weighted by Crippen LogP contribution is 2.32. The molecular formula is C18H32N4O2S. The van der Waals surface area contributed by atoms with Crippen LogP contribution in [0.2, 0.25) is 0 Å². The number of carbonyl (C=O) groups excluding carboxylic acids is 1. The Morgan fingerprint density at radius 1 is 1.32 bits per heavy atom. The molecule has 0 aliphatic carbocycles. The molecule has 1 aromatic rings. The quantitative estimate of drug-likeness (QED) is 0.824. The first-order valence-corrected chi connectivity index (χ1v) is 9.68. The second-order valence-electron chi connectivity index (χ2n) is 7.96. The van der Waals surface area contributed by atoms with Crippen molar-refractivity contribution in [2.75, 3.05) is 34.2 Å². The molecule has 0 bridgehead atoms. The van der Waals surface area contributed by atoms with Gasteiger partial charge >= 0.3 is 6.09 Å². The van der Waals surface area contributed by atoms with Gasteiger partial charge in [0.2, 0.25) is 0 Å². The molecule has 0 atom stereocenters. The summed E-state index contributed by atoms with van der Waals surface area (Å²) in [5.74, 6) is 0.463. The van der Waals surface area contributed by atoms with E-state index in [1.165, 1.54) is 10.6 Å². The van der Waals surface area contributed by atoms with E-state index in [2.05, 4.69) is 35.6 Å². The van der Waals surface area contributed by atoms with Gasteiger partial charge < -0.3 is 19.1 Å². The lowest BCUT2D eigenvalue weighted by Gasteiger charge is -2.34. The van der Waals surface area contributed by atoms with Gasteiger partial charge in [-0.25, -0.2) is 4.79 Å². The standard InChI is InChI=1S/C18H32N4O2S/c1-18(2,3)24-17(23)22-10-8-13(9-11-22)15-14(12-20(5)6)25-16(19-4)21(15)7/h13H,8-12H2,1-7H3. The number of carbonyl (C=O) groups is 1. The smallest absolute Gasteiger partial charge is 0.410 e. The number of rotatable bonds is 3. The number of thiazole rings is 1. The number of likely N-dealkylation sites (tertiary alicyclic amines) is 1. The predicted octanol–water partition coefficient (Wildman–Crippen LogP) is 2.79. The van der Waals surface area contributed by atoms with Gasteiger partial charge in [-0.05, 0) is 47.7 Å². The van der Waals surface area contributed by atoms with Crippen LogP contribution in [-0.2, 0) is 18.3 Å². The van der Waals surface area contributed by atoms with Gasteiger partial charge in [-0.2, -0.15) is 0 Å². The van der Waals surface area contributed by atoms with E-state index in [9.17, 15) is 4.79 Å². The number of aromatic nitrogens is 1. The zero-order chi connectivity index (χ0) is 18.8. The van der Waals surface area contributed by atoms with E-state index < -0.39 is 5.60 Å². The Balaban J connectivity index is 2.13. The van der Waals surface area contributed by atoms with Gasteiger partial charge in [0.05, 0.1) is 0 Å². The summed E-state index contributed by atoms with van der Waals surface area (Å²) in [6.45, 7) is 8.14. The second kappa shape index (κ2) is 7.91. The summed E-state index contributed by atoms with van der Waals surface area (Å²) in [6.07, 6.45) is 1.74. The summed E-state index contributed by atoms with van der Waals surface area (Å²) >= 11 is 1.77. The van der Waals surface area contributed by atoms with Crippen LogP contribution in [0.1, 0.15) is 50.1 Å². The molecule has 0 radical (unpaired) electrons. The lowest BCUT2D eigenvalue weighted by atomic mass is 9.92. The Labute approximate surface area is 155 Å². The normalized spacial score (nSPS) is 17.4. The molecule has 6 nitrogen and oxygen atoms in total. The summed E-state index contributed by atoms with van der Waals surface area (Å²) in [7, 11) is 8.14. The Bertz CT molecular complexity index is 662. The molecule has 1 aliphatic rings. The van der Waals surface area contributed by atoms with Crippen LogP contribution >= 0.6 is 11.3 Å². The van der Waals surface area contributed by atoms with E-state index in [4.69, 9.17) is 4.74 Å². The lowest BCUT2D eigenvalue weighted by molar-refractivity contribution is 0.0203. The molecule has 1 aliphatic heterocycles. The average molecular weight is 369 g/mol. The van der Waals surface area contributed by atoms with Crippen molar-refractivity contribution < 1.29 is 9.53 Å². The van der Waals surface area contributed by atoms with Crippen LogP contribution in [0.3, 0.4) is 0 Å². The van der Waals surface area contributed by atoms with Gasteiger partial charge in [-0.3, -0.25) is 4.99 Å². The van der Waals surface area contributed by atoms with Crippen LogP contribution in [-0.4, -0.2) is 60.3 Å². The molecular weight excluding hydrogens is 336 g/mol. The van der Waals surface area contributed by atoms with Gasteiger partial charge in [0, 0.05) is 50.2 Å². The monoisotopic (exact) mass is 368 g/mol. The Kier molecular flexibility index (Phi) is 6.32. The van der Waals surface area contributed by atoms with Crippen molar-refractivity contribution in [1.29, 1.82) is 0 Å². The minimum atomic E-state index is -0.440. The van der Waals surface area contributed by atoms with E-state index in [0.717, 1.165) is 37.3 Å². The molecule has 0 N–H and O–H groups in total. The third-order valence-corrected chi connectivity index (χ3v) is 5.56. The molecule has 1 aromatic heterocycles. The summed E-state index contributed by atoms with van der Waals surface area (Å²) in [5, 5.41) is 0. The SMILES string of the molecule is CN=c1sc(CN(C)C)c(C2CCN(C(=O)OC(C)(C)C)CC2)n1C. The Morgan fingerprint density at radius 2 is 1.92 bits per heavy atom. The van der Waals surface area contributed by atoms with Crippen molar-refractivity contribution in [3.8, 4) is 0 Å². The van der Waals surface area contributed by atoms with E-state index in [1.807, 2.05) is 32.7 Å². The highest BCUT2D eigenvalue weighted by molar-refractivity contribution is 7.09. The van der Waals surface area contributed by atoms with Crippen LogP contribution in [0.25, 0.3) is 0 Å². The topological polar surface area (TPSA) is 50.1 Å². The number of nitrogens with zero attached hydrogens (tertiary/aromatic N) is 4. The number of amides is 1. The highest BCUT2D eigenvalue weighted by atomic mass is 32.1. The zero-order valence-corrected chi connectivity index (χ0v) is 17.4. The first kappa shape index (κ1) is 20.0. The molecule has 1 fully saturated rings. The highest BCUT2D eigenvalue weighted by Gasteiger charge is 2.30. The van der Waals surface area contributed by atoms with Crippen molar-refractivity contribution >= 4 is 17.4 Å². The van der Waals surface area contributed by atoms with Gasteiger partial charge in [-0.1, -0.05) is 0 Å². The van der Waals surface area contributed by atoms with Crippen LogP contribution in [0, 0.1) is 0 Å². The lowest BCUT2D eigenvalue weighted by Crippen LogP contribution is -2.41. The fourth-order valence-corrected chi connectivity index (χ4v) is 4.56. The number of hydrogen-bond donors (Lipinski definition) is 0. The molecule has 0 aromatic carbocycles. The van der Waals surface area contributed by atoms with Crippen LogP contribution in [0.5, 0.6) is 0 Å². The van der Waals surface area contributed by atoms with Gasteiger partial charge in [0.25, 0.3) is 0 Å². The molecule has 1 saturated heterocycles. The van der Waals surface area contributed by atoms with E-state index in [0.29, 0.717) is 5.92 Å². The van der Waals surface area contributed by atoms with Gasteiger partial charge in [-0.15, -0.1) is 11.3 Å². The fraction of sp³-hybridized carbons (Fsp3) is 0.778. The number of hydrogen-bond acceptors (Lipinski definition) is 5. The van der Waals surface area contributed by atoms with Crippen molar-refractivity contribution in [2.45, 2.75) is 51.7 Å². The third-order valence-electron chi connectivity index (χ3n) is 4.33. The molecule has 25 heavy (non-hydrogen) atoms. The maximum absolute atomic E-state index is 12.3. The third kappa shape index (κ3) is 5.07. The van der Waals surface area contributed by atoms with E-state index >= 15 is 0 Å². The zero-order valence-electron chi connectivity index (χ0n) is 16.6. The molecule has 142 valence electrons. The molecule has 1 amide bonds. The van der Waals surface area contributed by atoms with Crippen molar-refractivity contribution in [1.82, 2.24) is 14.4 Å². The maximum atomic E-state index is 12.3. The number of ether oxygens (including phenoxy) is 1. The van der Waals surface area contributed by atoms with Gasteiger partial charge in [0.15, 0.2) is 4.80 Å². The molecule has 0 unspecified atom stereocenters. The van der Waals surface area contributed by atoms with Crippen molar-refractivity contribution in [2.24, 2.45) is 12.0 Å². The van der Waals surface area contributed by atoms with Gasteiger partial charge in [0.1, 0.15) is 5.60 Å². The predicted molar refractivity (Wildman–Crippen MR) is 102 cm³/mol. The first-order chi connectivity index (χ1) is 11.6. The number of piperidine rings is 1. The second-order valence-corrected chi connectivity index (χ2v) is 9.02. The maximum Gasteiger partial charge on any atom is 0.410 e. The first-order valence-electron chi connectivity index (χ1n) is 8.86. The largest absolute Gasteiger partial charge is 0.444 e. The average Bonchev–Trinajstić information content (AvgIpc) is 2.80. The summed E-state index contributed by atoms with van der Waals surface area (Å²) in [4.78, 5) is 23.2. The summed E-state index contributed by atoms with van der Waals surface area (Å²) in [6, 6.07) is 0. The van der Waals surface area contributed by atoms with Crippen molar-refractivity contribution in [3.05, 3.63) is 15.4 Å². The summed E-state index contributed by atoms with van der Waals surface area (Å²) in [5.41, 5.74) is 0.938. The van der Waals surface area contributed by atoms with Crippen molar-refractivity contribution in [3.63, 3.8) is 0 Å². The Hall–Kier alpha value is -1.34. The Morgan fingerprint density at radius 3 is 2.40 bits per heavy atom. The van der Waals surface area contributed by atoms with Crippen LogP contribution in [0.15, 0.2) is 4.99 Å². The molecule has 0 spiro atoms. The molecule has 0 saturated carbocycles. The minimum Gasteiger partial charge on any atom is -0.444 e. The van der Waals surface area contributed by atoms with E-state index in [-0.39, 0.29) is 6.09 Å².